The van der Waals surface area contributed by atoms with Crippen LogP contribution in [0.5, 0.6) is 11.5 Å². The first-order chi connectivity index (χ1) is 17.9. The fraction of sp³-hybridized carbons (Fsp3) is 0.222. The number of nitrogens with zero attached hydrogens (tertiary/aromatic N) is 1. The van der Waals surface area contributed by atoms with Crippen molar-refractivity contribution < 1.29 is 40.4 Å². The highest BCUT2D eigenvalue weighted by atomic mass is 32.2. The number of phenolic OH excluding ortho intramolecular Hbond substituents is 1. The monoisotopic (exact) mass is 547 g/mol. The number of ether oxygens (including phenoxy) is 1. The Kier molecular flexibility index (Phi) is 7.41. The number of carbonyl (C=O) groups is 1. The Morgan fingerprint density at radius 2 is 1.74 bits per heavy atom. The van der Waals surface area contributed by atoms with Gasteiger partial charge in [0, 0.05) is 29.9 Å². The number of esters is 1. The van der Waals surface area contributed by atoms with Crippen molar-refractivity contribution in [3.05, 3.63) is 94.7 Å². The quantitative estimate of drug-likeness (QED) is 0.231. The molecule has 3 aromatic carbocycles. The number of aromatic hydroxyl groups is 1. The fourth-order valence-corrected chi connectivity index (χ4v) is 4.80. The van der Waals surface area contributed by atoms with Gasteiger partial charge in [-0.1, -0.05) is 36.4 Å². The molecule has 0 fully saturated rings. The third-order valence-electron chi connectivity index (χ3n) is 5.72. The average Bonchev–Trinajstić information content (AvgIpc) is 3.10. The predicted molar refractivity (Wildman–Crippen MR) is 135 cm³/mol. The second kappa shape index (κ2) is 10.4. The Balaban J connectivity index is 1.87. The first kappa shape index (κ1) is 27.1. The van der Waals surface area contributed by atoms with E-state index < -0.39 is 27.8 Å². The normalized spacial score (nSPS) is 12.0. The Morgan fingerprint density at radius 1 is 1.00 bits per heavy atom. The Bertz CT molecular complexity index is 1610. The minimum Gasteiger partial charge on any atom is -0.508 e. The van der Waals surface area contributed by atoms with Crippen molar-refractivity contribution in [2.24, 2.45) is 0 Å². The van der Waals surface area contributed by atoms with Gasteiger partial charge in [-0.05, 0) is 47.9 Å². The minimum atomic E-state index is -4.52. The number of fused-ring (bicyclic) bond motifs is 1. The summed E-state index contributed by atoms with van der Waals surface area (Å²) in [5, 5.41) is 10.8. The summed E-state index contributed by atoms with van der Waals surface area (Å²) in [6.45, 7) is 1.72. The van der Waals surface area contributed by atoms with Crippen LogP contribution in [0.1, 0.15) is 39.7 Å². The molecule has 0 unspecified atom stereocenters. The summed E-state index contributed by atoms with van der Waals surface area (Å²) in [5.74, 6) is -1.03. The van der Waals surface area contributed by atoms with Crippen LogP contribution in [0.15, 0.2) is 66.7 Å². The van der Waals surface area contributed by atoms with E-state index in [4.69, 9.17) is 8.92 Å². The lowest BCUT2D eigenvalue weighted by Crippen LogP contribution is -2.15. The summed E-state index contributed by atoms with van der Waals surface area (Å²) in [6.07, 6.45) is -3.63. The van der Waals surface area contributed by atoms with Crippen LogP contribution in [-0.4, -0.2) is 36.9 Å². The van der Waals surface area contributed by atoms with Gasteiger partial charge in [-0.25, -0.2) is 4.79 Å². The highest BCUT2D eigenvalue weighted by Gasteiger charge is 2.31. The third-order valence-corrected chi connectivity index (χ3v) is 6.21. The smallest absolute Gasteiger partial charge is 0.416 e. The predicted octanol–water partition coefficient (Wildman–Crippen LogP) is 5.52. The van der Waals surface area contributed by atoms with Gasteiger partial charge in [0.2, 0.25) is 0 Å². The number of para-hydroxylation sites is 1. The number of hydrogen-bond acceptors (Lipinski definition) is 6. The van der Waals surface area contributed by atoms with Crippen molar-refractivity contribution >= 4 is 27.0 Å². The van der Waals surface area contributed by atoms with Gasteiger partial charge in [-0.3, -0.25) is 0 Å². The van der Waals surface area contributed by atoms with Gasteiger partial charge in [0.25, 0.3) is 0 Å². The van der Waals surface area contributed by atoms with Crippen LogP contribution in [0.3, 0.4) is 0 Å². The molecule has 1 aromatic heterocycles. The second-order valence-corrected chi connectivity index (χ2v) is 10.2. The van der Waals surface area contributed by atoms with Crippen LogP contribution in [-0.2, 0) is 34.0 Å². The van der Waals surface area contributed by atoms with E-state index in [1.54, 1.807) is 41.8 Å². The molecule has 1 heterocycles. The van der Waals surface area contributed by atoms with Crippen LogP contribution in [0.2, 0.25) is 0 Å². The van der Waals surface area contributed by atoms with E-state index in [0.717, 1.165) is 24.5 Å². The maximum absolute atomic E-state index is 13.3. The van der Waals surface area contributed by atoms with E-state index in [9.17, 15) is 31.5 Å². The standard InChI is InChI=1S/C27H24F3NO6S/c1-3-36-26(33)25-23(14-17-7-6-8-19(11-17)27(28,29)30)22-9-4-5-10-24(22)31(25)16-18-12-20(32)15-21(13-18)37-38(2,34)35/h4-13,15,32H,3,14,16H2,1-2H3. The molecule has 11 heteroatoms. The molecule has 0 aliphatic rings. The first-order valence-electron chi connectivity index (χ1n) is 11.5. The number of alkyl halides is 3. The van der Waals surface area contributed by atoms with Crippen LogP contribution in [0.4, 0.5) is 13.2 Å². The molecule has 0 radical (unpaired) electrons. The molecule has 0 bridgehead atoms. The van der Waals surface area contributed by atoms with Gasteiger partial charge in [0.05, 0.1) is 18.4 Å². The lowest BCUT2D eigenvalue weighted by atomic mass is 10.00. The van der Waals surface area contributed by atoms with Crippen molar-refractivity contribution in [3.63, 3.8) is 0 Å². The first-order valence-corrected chi connectivity index (χ1v) is 13.3. The van der Waals surface area contributed by atoms with E-state index in [1.807, 2.05) is 0 Å². The van der Waals surface area contributed by atoms with Gasteiger partial charge in [0.1, 0.15) is 17.2 Å². The molecule has 0 spiro atoms. The number of aromatic nitrogens is 1. The summed E-state index contributed by atoms with van der Waals surface area (Å²) in [5.41, 5.74) is 1.20. The molecule has 0 aliphatic heterocycles. The maximum atomic E-state index is 13.3. The molecule has 0 amide bonds. The Labute approximate surface area is 217 Å². The molecule has 4 aromatic rings. The van der Waals surface area contributed by atoms with E-state index in [2.05, 4.69) is 0 Å². The number of rotatable bonds is 8. The number of benzene rings is 3. The second-order valence-electron chi connectivity index (χ2n) is 8.65. The summed E-state index contributed by atoms with van der Waals surface area (Å²) in [4.78, 5) is 13.2. The average molecular weight is 548 g/mol. The molecule has 0 saturated carbocycles. The number of halogens is 3. The number of hydrogen-bond donors (Lipinski definition) is 1. The summed E-state index contributed by atoms with van der Waals surface area (Å²) in [6, 6.07) is 15.9. The van der Waals surface area contributed by atoms with E-state index in [1.165, 1.54) is 18.2 Å². The van der Waals surface area contributed by atoms with Gasteiger partial charge >= 0.3 is 22.3 Å². The molecule has 0 atom stereocenters. The van der Waals surface area contributed by atoms with Crippen LogP contribution >= 0.6 is 0 Å². The van der Waals surface area contributed by atoms with Gasteiger partial charge in [0.15, 0.2) is 0 Å². The maximum Gasteiger partial charge on any atom is 0.416 e. The fourth-order valence-electron chi connectivity index (χ4n) is 4.35. The van der Waals surface area contributed by atoms with Crippen LogP contribution in [0.25, 0.3) is 10.9 Å². The molecular formula is C27H24F3NO6S. The SMILES string of the molecule is CCOC(=O)c1c(Cc2cccc(C(F)(F)F)c2)c2ccccc2n1Cc1cc(O)cc(OS(C)(=O)=O)c1. The van der Waals surface area contributed by atoms with Crippen molar-refractivity contribution in [2.75, 3.05) is 12.9 Å². The Morgan fingerprint density at radius 3 is 2.42 bits per heavy atom. The highest BCUT2D eigenvalue weighted by Crippen LogP contribution is 2.34. The highest BCUT2D eigenvalue weighted by molar-refractivity contribution is 7.86. The summed E-state index contributed by atoms with van der Waals surface area (Å²) in [7, 11) is -3.86. The van der Waals surface area contributed by atoms with E-state index in [0.29, 0.717) is 27.6 Å². The zero-order chi connectivity index (χ0) is 27.7. The molecule has 38 heavy (non-hydrogen) atoms. The molecule has 1 N–H and O–H groups in total. The zero-order valence-corrected chi connectivity index (χ0v) is 21.3. The van der Waals surface area contributed by atoms with Crippen molar-refractivity contribution in [1.29, 1.82) is 0 Å². The lowest BCUT2D eigenvalue weighted by molar-refractivity contribution is -0.137. The van der Waals surface area contributed by atoms with Crippen LogP contribution < -0.4 is 4.18 Å². The number of phenols is 1. The lowest BCUT2D eigenvalue weighted by Gasteiger charge is -2.14. The van der Waals surface area contributed by atoms with Gasteiger partial charge in [-0.15, -0.1) is 0 Å². The van der Waals surface area contributed by atoms with Crippen molar-refractivity contribution in [2.45, 2.75) is 26.1 Å². The van der Waals surface area contributed by atoms with Crippen LogP contribution in [0, 0.1) is 0 Å². The molecule has 4 rings (SSSR count). The summed E-state index contributed by atoms with van der Waals surface area (Å²) < 4.78 is 75.0. The van der Waals surface area contributed by atoms with E-state index in [-0.39, 0.29) is 36.8 Å². The summed E-state index contributed by atoms with van der Waals surface area (Å²) >= 11 is 0. The Hall–Kier alpha value is -3.99. The molecule has 0 saturated heterocycles. The molecular weight excluding hydrogens is 523 g/mol. The third kappa shape index (κ3) is 6.10. The molecule has 7 nitrogen and oxygen atoms in total. The van der Waals surface area contributed by atoms with E-state index >= 15 is 0 Å². The zero-order valence-electron chi connectivity index (χ0n) is 20.4. The molecule has 200 valence electrons. The largest absolute Gasteiger partial charge is 0.508 e. The minimum absolute atomic E-state index is 0.00573. The van der Waals surface area contributed by atoms with Gasteiger partial charge < -0.3 is 18.6 Å². The van der Waals surface area contributed by atoms with Crippen molar-refractivity contribution in [1.82, 2.24) is 4.57 Å². The molecule has 0 aliphatic carbocycles. The van der Waals surface area contributed by atoms with Crippen molar-refractivity contribution in [3.8, 4) is 11.5 Å². The van der Waals surface area contributed by atoms with Gasteiger partial charge in [-0.2, -0.15) is 21.6 Å². The topological polar surface area (TPSA) is 94.8 Å². The number of carbonyl (C=O) groups excluding carboxylic acids is 1.